The maximum absolute atomic E-state index is 11.6. The predicted octanol–water partition coefficient (Wildman–Crippen LogP) is 1.41. The lowest BCUT2D eigenvalue weighted by Gasteiger charge is -2.41. The van der Waals surface area contributed by atoms with E-state index in [1.54, 1.807) is 7.11 Å². The SMILES string of the molecule is C=C1C2C(CO)CC(C=O)(C2OC)C1(C)C. The van der Waals surface area contributed by atoms with E-state index in [0.717, 1.165) is 11.9 Å². The molecular weight excluding hydrogens is 204 g/mol. The highest BCUT2D eigenvalue weighted by Gasteiger charge is 2.69. The summed E-state index contributed by atoms with van der Waals surface area (Å²) in [6, 6.07) is 0. The van der Waals surface area contributed by atoms with E-state index in [4.69, 9.17) is 4.74 Å². The minimum atomic E-state index is -0.503. The fourth-order valence-electron chi connectivity index (χ4n) is 3.84. The van der Waals surface area contributed by atoms with E-state index in [-0.39, 0.29) is 30.0 Å². The molecule has 1 N–H and O–H groups in total. The molecule has 16 heavy (non-hydrogen) atoms. The first-order valence-corrected chi connectivity index (χ1v) is 5.75. The summed E-state index contributed by atoms with van der Waals surface area (Å²) in [7, 11) is 1.64. The maximum Gasteiger partial charge on any atom is 0.129 e. The van der Waals surface area contributed by atoms with Crippen molar-refractivity contribution in [2.45, 2.75) is 26.4 Å². The molecule has 0 aromatic carbocycles. The van der Waals surface area contributed by atoms with Crippen LogP contribution in [0, 0.1) is 22.7 Å². The van der Waals surface area contributed by atoms with Crippen LogP contribution in [-0.4, -0.2) is 31.2 Å². The highest BCUT2D eigenvalue weighted by Crippen LogP contribution is 2.68. The molecule has 3 nitrogen and oxygen atoms in total. The van der Waals surface area contributed by atoms with Gasteiger partial charge in [0.2, 0.25) is 0 Å². The Balaban J connectivity index is 2.52. The van der Waals surface area contributed by atoms with E-state index < -0.39 is 5.41 Å². The Hall–Kier alpha value is -0.670. The van der Waals surface area contributed by atoms with Gasteiger partial charge in [0.15, 0.2) is 0 Å². The summed E-state index contributed by atoms with van der Waals surface area (Å²) in [6.07, 6.45) is 1.62. The van der Waals surface area contributed by atoms with Crippen LogP contribution in [0.4, 0.5) is 0 Å². The molecule has 0 spiro atoms. The third-order valence-electron chi connectivity index (χ3n) is 5.01. The molecule has 4 unspecified atom stereocenters. The lowest BCUT2D eigenvalue weighted by Crippen LogP contribution is -2.42. The normalized spacial score (nSPS) is 45.0. The van der Waals surface area contributed by atoms with Gasteiger partial charge in [-0.25, -0.2) is 0 Å². The Morgan fingerprint density at radius 2 is 2.25 bits per heavy atom. The molecule has 2 aliphatic carbocycles. The second-order valence-electron chi connectivity index (χ2n) is 5.64. The number of aldehydes is 1. The molecule has 0 aliphatic heterocycles. The summed E-state index contributed by atoms with van der Waals surface area (Å²) < 4.78 is 5.53. The molecule has 2 fully saturated rings. The van der Waals surface area contributed by atoms with E-state index in [2.05, 4.69) is 20.4 Å². The van der Waals surface area contributed by atoms with Gasteiger partial charge in [0.05, 0.1) is 11.5 Å². The van der Waals surface area contributed by atoms with Gasteiger partial charge in [-0.2, -0.15) is 0 Å². The smallest absolute Gasteiger partial charge is 0.129 e. The highest BCUT2D eigenvalue weighted by atomic mass is 16.5. The number of rotatable bonds is 3. The van der Waals surface area contributed by atoms with Gasteiger partial charge in [-0.05, 0) is 12.3 Å². The summed E-state index contributed by atoms with van der Waals surface area (Å²) in [5.74, 6) is 0.242. The fraction of sp³-hybridized carbons (Fsp3) is 0.769. The molecule has 0 radical (unpaired) electrons. The Kier molecular flexibility index (Phi) is 2.52. The van der Waals surface area contributed by atoms with Crippen molar-refractivity contribution in [3.63, 3.8) is 0 Å². The lowest BCUT2D eigenvalue weighted by molar-refractivity contribution is -0.127. The maximum atomic E-state index is 11.6. The quantitative estimate of drug-likeness (QED) is 0.582. The topological polar surface area (TPSA) is 46.5 Å². The Bertz CT molecular complexity index is 334. The zero-order valence-corrected chi connectivity index (χ0v) is 10.2. The van der Waals surface area contributed by atoms with Crippen LogP contribution in [0.5, 0.6) is 0 Å². The Morgan fingerprint density at radius 3 is 2.62 bits per heavy atom. The number of ether oxygens (including phenoxy) is 1. The van der Waals surface area contributed by atoms with Crippen LogP contribution in [-0.2, 0) is 9.53 Å². The van der Waals surface area contributed by atoms with Crippen molar-refractivity contribution < 1.29 is 14.6 Å². The monoisotopic (exact) mass is 224 g/mol. The molecule has 4 atom stereocenters. The van der Waals surface area contributed by atoms with Crippen LogP contribution in [0.2, 0.25) is 0 Å². The standard InChI is InChI=1S/C13H20O3/c1-8-10-9(6-14)5-13(7-15,11(10)16-4)12(8,2)3/h7,9-11,14H,1,5-6H2,2-4H3. The van der Waals surface area contributed by atoms with Gasteiger partial charge in [-0.15, -0.1) is 0 Å². The largest absolute Gasteiger partial charge is 0.396 e. The first-order chi connectivity index (χ1) is 7.46. The molecule has 0 aromatic heterocycles. The molecule has 2 bridgehead atoms. The van der Waals surface area contributed by atoms with Gasteiger partial charge in [0.25, 0.3) is 0 Å². The fourth-order valence-corrected chi connectivity index (χ4v) is 3.84. The molecule has 90 valence electrons. The van der Waals surface area contributed by atoms with Crippen molar-refractivity contribution >= 4 is 6.29 Å². The lowest BCUT2D eigenvalue weighted by atomic mass is 9.61. The summed E-state index contributed by atoms with van der Waals surface area (Å²) in [5, 5.41) is 9.39. The molecule has 0 saturated heterocycles. The summed E-state index contributed by atoms with van der Waals surface area (Å²) in [5.41, 5.74) is 0.319. The second-order valence-corrected chi connectivity index (χ2v) is 5.64. The Labute approximate surface area is 96.5 Å². The van der Waals surface area contributed by atoms with Gasteiger partial charge < -0.3 is 14.6 Å². The van der Waals surface area contributed by atoms with Crippen molar-refractivity contribution in [2.75, 3.05) is 13.7 Å². The van der Waals surface area contributed by atoms with E-state index in [1.165, 1.54) is 0 Å². The van der Waals surface area contributed by atoms with Crippen molar-refractivity contribution in [3.8, 4) is 0 Å². The molecule has 2 saturated carbocycles. The van der Waals surface area contributed by atoms with Crippen LogP contribution >= 0.6 is 0 Å². The first-order valence-electron chi connectivity index (χ1n) is 5.75. The number of aliphatic hydroxyl groups is 1. The molecule has 2 rings (SSSR count). The molecule has 0 amide bonds. The van der Waals surface area contributed by atoms with Crippen molar-refractivity contribution in [2.24, 2.45) is 22.7 Å². The summed E-state index contributed by atoms with van der Waals surface area (Å²) >= 11 is 0. The van der Waals surface area contributed by atoms with Gasteiger partial charge in [-0.1, -0.05) is 26.0 Å². The molecule has 0 aromatic rings. The van der Waals surface area contributed by atoms with Crippen molar-refractivity contribution in [3.05, 3.63) is 12.2 Å². The minimum absolute atomic E-state index is 0.106. The average molecular weight is 224 g/mol. The van der Waals surface area contributed by atoms with Crippen LogP contribution < -0.4 is 0 Å². The second kappa shape index (κ2) is 3.41. The zero-order valence-electron chi connectivity index (χ0n) is 10.2. The number of hydrogen-bond donors (Lipinski definition) is 1. The molecular formula is C13H20O3. The number of hydrogen-bond acceptors (Lipinski definition) is 3. The number of fused-ring (bicyclic) bond motifs is 2. The zero-order chi connectivity index (χ0) is 12.1. The average Bonchev–Trinajstić information content (AvgIpc) is 2.68. The number of carbonyl (C=O) groups excluding carboxylic acids is 1. The number of methoxy groups -OCH3 is 1. The highest BCUT2D eigenvalue weighted by molar-refractivity contribution is 5.68. The van der Waals surface area contributed by atoms with Gasteiger partial charge in [-0.3, -0.25) is 0 Å². The van der Waals surface area contributed by atoms with Crippen molar-refractivity contribution in [1.29, 1.82) is 0 Å². The summed E-state index contributed by atoms with van der Waals surface area (Å²) in [4.78, 5) is 11.6. The third-order valence-corrected chi connectivity index (χ3v) is 5.01. The van der Waals surface area contributed by atoms with Crippen molar-refractivity contribution in [1.82, 2.24) is 0 Å². The predicted molar refractivity (Wildman–Crippen MR) is 60.9 cm³/mol. The number of carbonyl (C=O) groups is 1. The summed E-state index contributed by atoms with van der Waals surface area (Å²) in [6.45, 7) is 8.35. The van der Waals surface area contributed by atoms with Crippen LogP contribution in [0.1, 0.15) is 20.3 Å². The van der Waals surface area contributed by atoms with Gasteiger partial charge in [0.1, 0.15) is 6.29 Å². The first kappa shape index (κ1) is 11.8. The number of aliphatic hydroxyl groups excluding tert-OH is 1. The molecule has 0 heterocycles. The van der Waals surface area contributed by atoms with E-state index >= 15 is 0 Å². The molecule has 2 aliphatic rings. The van der Waals surface area contributed by atoms with Gasteiger partial charge >= 0.3 is 0 Å². The van der Waals surface area contributed by atoms with E-state index in [9.17, 15) is 9.90 Å². The van der Waals surface area contributed by atoms with Crippen LogP contribution in [0.25, 0.3) is 0 Å². The Morgan fingerprint density at radius 1 is 1.62 bits per heavy atom. The van der Waals surface area contributed by atoms with E-state index in [0.29, 0.717) is 6.42 Å². The third kappa shape index (κ3) is 1.03. The van der Waals surface area contributed by atoms with E-state index in [1.807, 2.05) is 0 Å². The molecule has 3 heteroatoms. The minimum Gasteiger partial charge on any atom is -0.396 e. The van der Waals surface area contributed by atoms with Crippen LogP contribution in [0.3, 0.4) is 0 Å². The van der Waals surface area contributed by atoms with Gasteiger partial charge in [0, 0.05) is 25.0 Å². The van der Waals surface area contributed by atoms with Crippen LogP contribution in [0.15, 0.2) is 12.2 Å².